The SMILES string of the molecule is c1ccc2c(c1)Oc1ccccc1N2c1ccc(B2c3oc4ccc5ncccc5c4c3B(c3ccc(N4c5ccccc5Oc5ccccc54)cc3)c3oc4ccccc4c32)cc1.c1ccc2c3c(oc2c1)B(c1ccc(-n2c4ccccc4c4ccccc42)cc1)c1c(oc2ccc4ncccc4c12)B3c1ccc(-n2c3ccccc3c3ccccc32)cc1. The maximum atomic E-state index is 7.21. The van der Waals surface area contributed by atoms with Crippen LogP contribution in [0.25, 0.3) is 121 Å². The van der Waals surface area contributed by atoms with E-state index in [4.69, 9.17) is 37.1 Å². The van der Waals surface area contributed by atoms with Gasteiger partial charge in [0, 0.05) is 89.0 Å². The number of nitrogens with zero attached hydrogens (tertiary/aromatic N) is 6. The fourth-order valence-corrected chi connectivity index (χ4v) is 21.2. The summed E-state index contributed by atoms with van der Waals surface area (Å²) in [7, 11) is 0. The van der Waals surface area contributed by atoms with Crippen LogP contribution in [0.15, 0.2) is 418 Å². The fourth-order valence-electron chi connectivity index (χ4n) is 21.2. The molecule has 12 nitrogen and oxygen atoms in total. The van der Waals surface area contributed by atoms with Gasteiger partial charge in [-0.2, -0.15) is 0 Å². The molecule has 28 rings (SSSR count). The van der Waals surface area contributed by atoms with Gasteiger partial charge in [-0.15, -0.1) is 0 Å². The highest BCUT2D eigenvalue weighted by atomic mass is 16.5. The van der Waals surface area contributed by atoms with Gasteiger partial charge in [0.1, 0.15) is 22.3 Å². The summed E-state index contributed by atoms with van der Waals surface area (Å²) >= 11 is 0. The van der Waals surface area contributed by atoms with Crippen LogP contribution in [0.4, 0.5) is 34.1 Å². The van der Waals surface area contributed by atoms with Crippen molar-refractivity contribution in [2.45, 2.75) is 0 Å². The van der Waals surface area contributed by atoms with Crippen molar-refractivity contribution in [1.29, 1.82) is 0 Å². The van der Waals surface area contributed by atoms with E-state index >= 15 is 0 Å². The lowest BCUT2D eigenvalue weighted by Gasteiger charge is -2.33. The van der Waals surface area contributed by atoms with Crippen molar-refractivity contribution in [3.8, 4) is 34.4 Å². The van der Waals surface area contributed by atoms with Gasteiger partial charge in [-0.05, 0) is 192 Å². The molecule has 4 aliphatic heterocycles. The maximum Gasteiger partial charge on any atom is 0.290 e. The second kappa shape index (κ2) is 27.5. The molecule has 126 heavy (non-hydrogen) atoms. The number of fused-ring (bicyclic) bond motifs is 26. The molecule has 12 heterocycles. The van der Waals surface area contributed by atoms with Crippen LogP contribution < -0.4 is 85.6 Å². The summed E-state index contributed by atoms with van der Waals surface area (Å²) in [5, 5.41) is 11.4. The lowest BCUT2D eigenvalue weighted by Crippen LogP contribution is -2.73. The Kier molecular flexibility index (Phi) is 15.4. The Morgan fingerprint density at radius 2 is 0.476 bits per heavy atom. The number of ether oxygens (including phenoxy) is 2. The molecule has 0 unspecified atom stereocenters. The fraction of sp³-hybridized carbons (Fsp3) is 0. The first-order valence-electron chi connectivity index (χ1n) is 42.9. The van der Waals surface area contributed by atoms with Crippen LogP contribution in [0, 0.1) is 0 Å². The van der Waals surface area contributed by atoms with E-state index in [1.54, 1.807) is 0 Å². The third-order valence-corrected chi connectivity index (χ3v) is 26.5. The first-order valence-corrected chi connectivity index (χ1v) is 42.9. The van der Waals surface area contributed by atoms with Gasteiger partial charge < -0.3 is 46.1 Å². The molecule has 0 atom stereocenters. The Balaban J connectivity index is 0.000000131. The maximum absolute atomic E-state index is 7.21. The minimum absolute atomic E-state index is 0.219. The molecule has 16 aromatic carbocycles. The van der Waals surface area contributed by atoms with E-state index in [-0.39, 0.29) is 26.9 Å². The zero-order chi connectivity index (χ0) is 82.3. The number of aromatic nitrogens is 4. The summed E-state index contributed by atoms with van der Waals surface area (Å²) < 4.78 is 46.1. The van der Waals surface area contributed by atoms with Crippen molar-refractivity contribution >= 4 is 237 Å². The smallest absolute Gasteiger partial charge is 0.290 e. The van der Waals surface area contributed by atoms with Crippen LogP contribution in [0.2, 0.25) is 0 Å². The van der Waals surface area contributed by atoms with Crippen molar-refractivity contribution in [2.24, 2.45) is 0 Å². The van der Waals surface area contributed by atoms with E-state index < -0.39 is 0 Å². The van der Waals surface area contributed by atoms with Crippen LogP contribution in [-0.2, 0) is 0 Å². The summed E-state index contributed by atoms with van der Waals surface area (Å²) in [6, 6.07) is 137. The van der Waals surface area contributed by atoms with E-state index in [0.29, 0.717) is 0 Å². The van der Waals surface area contributed by atoms with Crippen LogP contribution in [0.3, 0.4) is 0 Å². The second-order valence-corrected chi connectivity index (χ2v) is 33.1. The number of benzene rings is 16. The molecule has 8 aromatic heterocycles. The molecule has 0 radical (unpaired) electrons. The minimum Gasteiger partial charge on any atom is -0.471 e. The summed E-state index contributed by atoms with van der Waals surface area (Å²) in [6.45, 7) is -0.995. The third-order valence-electron chi connectivity index (χ3n) is 26.5. The van der Waals surface area contributed by atoms with E-state index in [1.165, 1.54) is 43.6 Å². The average molecular weight is 1610 g/mol. The summed E-state index contributed by atoms with van der Waals surface area (Å²) in [5.74, 6) is 3.27. The van der Waals surface area contributed by atoms with Gasteiger partial charge in [0.15, 0.2) is 23.0 Å². The third kappa shape index (κ3) is 10.5. The van der Waals surface area contributed by atoms with Crippen molar-refractivity contribution in [3.05, 3.63) is 401 Å². The molecule has 0 aliphatic carbocycles. The second-order valence-electron chi connectivity index (χ2n) is 33.1. The molecule has 0 spiro atoms. The molecule has 0 fully saturated rings. The molecule has 0 saturated carbocycles. The Hall–Kier alpha value is -16.4. The molecule has 0 bridgehead atoms. The van der Waals surface area contributed by atoms with Crippen molar-refractivity contribution < 1.29 is 27.1 Å². The van der Waals surface area contributed by atoms with Gasteiger partial charge in [-0.1, -0.05) is 240 Å². The zero-order valence-corrected chi connectivity index (χ0v) is 67.5. The highest BCUT2D eigenvalue weighted by Gasteiger charge is 2.50. The first-order chi connectivity index (χ1) is 62.5. The first kappa shape index (κ1) is 70.3. The normalized spacial score (nSPS) is 13.1. The number of anilines is 6. The number of furan rings is 4. The Bertz CT molecular complexity index is 8430. The van der Waals surface area contributed by atoms with Crippen LogP contribution in [-0.4, -0.2) is 46.0 Å². The lowest BCUT2D eigenvalue weighted by molar-refractivity contribution is 0.477. The molecular formula is C110H66B4N6O6. The van der Waals surface area contributed by atoms with Gasteiger partial charge in [-0.3, -0.25) is 9.97 Å². The van der Waals surface area contributed by atoms with Gasteiger partial charge in [-0.25, -0.2) is 0 Å². The van der Waals surface area contributed by atoms with E-state index in [0.717, 1.165) is 201 Å². The predicted octanol–water partition coefficient (Wildman–Crippen LogP) is 19.5. The highest BCUT2D eigenvalue weighted by molar-refractivity contribution is 7.13. The van der Waals surface area contributed by atoms with Gasteiger partial charge in [0.25, 0.3) is 26.9 Å². The van der Waals surface area contributed by atoms with E-state index in [2.05, 4.69) is 340 Å². The van der Waals surface area contributed by atoms with Crippen molar-refractivity contribution in [3.63, 3.8) is 0 Å². The summed E-state index contributed by atoms with van der Waals surface area (Å²) in [4.78, 5) is 14.2. The molecule has 0 N–H and O–H groups in total. The predicted molar refractivity (Wildman–Crippen MR) is 518 cm³/mol. The van der Waals surface area contributed by atoms with Crippen molar-refractivity contribution in [1.82, 2.24) is 19.1 Å². The van der Waals surface area contributed by atoms with Crippen LogP contribution in [0.5, 0.6) is 23.0 Å². The standard InChI is InChI=1S/C55H33B2N3O4.C55H33B2N3O2/c1-6-18-45-39(12-1)52-54(63-45)57(35-25-29-37(30-26-35)60-43-16-4-9-21-48(43)62-49-22-10-5-17-44(49)60)53-51-38-13-11-33-58-40(38)31-32-50(51)64-55(53)56(52)34-23-27-36(28-24-34)59-41-14-2-7-19-46(41)61-47-20-8-3-15-42(47)59;1-6-18-45-38(12-1)39-13-2-7-19-46(39)59(45)36-27-23-34(24-28-36)56-52-43-16-5-10-22-49(43)61-54(52)57(53-51-42-17-11-33-58-44(42)31-32-50(51)62-55(53)56)35-25-29-37(30-26-35)60-47-20-8-3-14-40(47)41-15-4-9-21-48(41)60/h1-33H;1-33H. The van der Waals surface area contributed by atoms with Crippen LogP contribution in [0.1, 0.15) is 0 Å². The van der Waals surface area contributed by atoms with E-state index in [9.17, 15) is 0 Å². The Morgan fingerprint density at radius 3 is 0.825 bits per heavy atom. The number of hydrogen-bond acceptors (Lipinski definition) is 10. The monoisotopic (exact) mass is 1610 g/mol. The number of pyridine rings is 2. The summed E-state index contributed by atoms with van der Waals surface area (Å²) in [6.07, 6.45) is 3.72. The Morgan fingerprint density at radius 1 is 0.206 bits per heavy atom. The van der Waals surface area contributed by atoms with E-state index in [1.807, 2.05) is 79.1 Å². The number of para-hydroxylation sites is 14. The largest absolute Gasteiger partial charge is 0.471 e. The zero-order valence-electron chi connectivity index (χ0n) is 67.5. The lowest BCUT2D eigenvalue weighted by atomic mass is 9.24. The Labute approximate surface area is 722 Å². The van der Waals surface area contributed by atoms with Gasteiger partial charge in [0.05, 0.1) is 78.5 Å². The van der Waals surface area contributed by atoms with Gasteiger partial charge in [0.2, 0.25) is 0 Å². The van der Waals surface area contributed by atoms with Gasteiger partial charge >= 0.3 is 0 Å². The molecule has 16 heteroatoms. The molecule has 0 saturated heterocycles. The number of rotatable bonds is 8. The quantitative estimate of drug-likeness (QED) is 0.136. The molecular weight excluding hydrogens is 1540 g/mol. The summed E-state index contributed by atoms with van der Waals surface area (Å²) in [5.41, 5.74) is 30.9. The number of hydrogen-bond donors (Lipinski definition) is 0. The topological polar surface area (TPSA) is 113 Å². The molecule has 0 amide bonds. The minimum atomic E-state index is -0.278. The molecule has 584 valence electrons. The molecule has 24 aromatic rings. The molecule has 4 aliphatic rings. The van der Waals surface area contributed by atoms with Crippen molar-refractivity contribution in [2.75, 3.05) is 9.80 Å². The highest BCUT2D eigenvalue weighted by Crippen LogP contribution is 2.52. The van der Waals surface area contributed by atoms with Crippen LogP contribution >= 0.6 is 0 Å². The average Bonchev–Trinajstić information content (AvgIpc) is 1.53.